The number of carbonyl (C=O) groups is 1. The van der Waals surface area contributed by atoms with Crippen molar-refractivity contribution in [2.45, 2.75) is 20.4 Å². The molecule has 0 radical (unpaired) electrons. The largest absolute Gasteiger partial charge is 0.394 e. The summed E-state index contributed by atoms with van der Waals surface area (Å²) in [5.41, 5.74) is 7.97. The number of carbonyl (C=O) groups excluding carboxylic acids is 1. The summed E-state index contributed by atoms with van der Waals surface area (Å²) in [6.45, 7) is 4.73. The Balaban J connectivity index is 1.78. The molecule has 130 valence electrons. The lowest BCUT2D eigenvalue weighted by atomic mass is 10.0. The van der Waals surface area contributed by atoms with Gasteiger partial charge < -0.3 is 9.51 Å². The Bertz CT molecular complexity index is 868. The number of aliphatic hydroxyl groups is 1. The Morgan fingerprint density at radius 2 is 2.00 bits per heavy atom. The second kappa shape index (κ2) is 7.46. The first-order chi connectivity index (χ1) is 12.1. The topological polar surface area (TPSA) is 69.9 Å². The van der Waals surface area contributed by atoms with E-state index < -0.39 is 0 Å². The van der Waals surface area contributed by atoms with Crippen molar-refractivity contribution < 1.29 is 9.90 Å². The highest BCUT2D eigenvalue weighted by molar-refractivity contribution is 5.93. The molecule has 0 saturated heterocycles. The fraction of sp³-hybridized carbons (Fsp3) is 0.263. The first kappa shape index (κ1) is 17.1. The quantitative estimate of drug-likeness (QED) is 0.675. The van der Waals surface area contributed by atoms with Gasteiger partial charge >= 0.3 is 0 Å². The highest BCUT2D eigenvalue weighted by Crippen LogP contribution is 2.13. The monoisotopic (exact) mass is 338 g/mol. The molecule has 3 aromatic rings. The number of amides is 1. The highest BCUT2D eigenvalue weighted by atomic mass is 16.3. The Kier molecular flexibility index (Phi) is 5.11. The van der Waals surface area contributed by atoms with E-state index in [0.717, 1.165) is 11.2 Å². The highest BCUT2D eigenvalue weighted by Gasteiger charge is 2.16. The number of rotatable bonds is 6. The average molecular weight is 338 g/mol. The number of imidazole rings is 1. The van der Waals surface area contributed by atoms with E-state index in [1.165, 1.54) is 16.1 Å². The van der Waals surface area contributed by atoms with Crippen LogP contribution in [0.1, 0.15) is 27.0 Å². The number of aryl methyl sites for hydroxylation is 2. The van der Waals surface area contributed by atoms with Gasteiger partial charge in [-0.2, -0.15) is 0 Å². The minimum Gasteiger partial charge on any atom is -0.394 e. The summed E-state index contributed by atoms with van der Waals surface area (Å²) in [7, 11) is 0. The van der Waals surface area contributed by atoms with Crippen molar-refractivity contribution in [3.63, 3.8) is 0 Å². The lowest BCUT2D eigenvalue weighted by Gasteiger charge is -2.24. The van der Waals surface area contributed by atoms with Crippen LogP contribution in [0, 0.1) is 13.8 Å². The van der Waals surface area contributed by atoms with Gasteiger partial charge in [-0.25, -0.2) is 10.4 Å². The van der Waals surface area contributed by atoms with Crippen LogP contribution >= 0.6 is 0 Å². The Morgan fingerprint density at radius 3 is 2.72 bits per heavy atom. The molecular formula is C19H22N4O2. The summed E-state index contributed by atoms with van der Waals surface area (Å²) in [6, 6.07) is 9.67. The van der Waals surface area contributed by atoms with Crippen LogP contribution in [0.3, 0.4) is 0 Å². The fourth-order valence-electron chi connectivity index (χ4n) is 2.86. The third-order valence-electron chi connectivity index (χ3n) is 4.30. The van der Waals surface area contributed by atoms with Crippen LogP contribution in [0.5, 0.6) is 0 Å². The van der Waals surface area contributed by atoms with Gasteiger partial charge in [0.2, 0.25) is 0 Å². The molecule has 0 aliphatic carbocycles. The predicted octanol–water partition coefficient (Wildman–Crippen LogP) is 2.09. The number of benzene rings is 1. The summed E-state index contributed by atoms with van der Waals surface area (Å²) < 4.78 is 1.80. The van der Waals surface area contributed by atoms with E-state index in [1.807, 2.05) is 6.07 Å². The first-order valence-electron chi connectivity index (χ1n) is 8.24. The van der Waals surface area contributed by atoms with E-state index in [9.17, 15) is 9.90 Å². The molecule has 2 N–H and O–H groups in total. The third-order valence-corrected chi connectivity index (χ3v) is 4.30. The maximum Gasteiger partial charge on any atom is 0.269 e. The minimum absolute atomic E-state index is 0.112. The number of hydrazine groups is 1. The van der Waals surface area contributed by atoms with Gasteiger partial charge in [0.15, 0.2) is 0 Å². The second-order valence-corrected chi connectivity index (χ2v) is 6.00. The van der Waals surface area contributed by atoms with Crippen LogP contribution in [0.2, 0.25) is 0 Å². The van der Waals surface area contributed by atoms with Crippen molar-refractivity contribution in [2.24, 2.45) is 0 Å². The maximum absolute atomic E-state index is 12.8. The minimum atomic E-state index is -0.184. The van der Waals surface area contributed by atoms with Crippen LogP contribution in [-0.2, 0) is 6.54 Å². The molecule has 3 rings (SSSR count). The van der Waals surface area contributed by atoms with Crippen LogP contribution in [-0.4, -0.2) is 38.6 Å². The number of hydrogen-bond acceptors (Lipinski definition) is 4. The number of aromatic nitrogens is 2. The van der Waals surface area contributed by atoms with Crippen molar-refractivity contribution in [3.8, 4) is 0 Å². The van der Waals surface area contributed by atoms with Gasteiger partial charge in [-0.15, -0.1) is 0 Å². The number of fused-ring (bicyclic) bond motifs is 1. The molecule has 0 spiro atoms. The van der Waals surface area contributed by atoms with Crippen LogP contribution in [0.25, 0.3) is 5.65 Å². The number of pyridine rings is 1. The van der Waals surface area contributed by atoms with Gasteiger partial charge in [-0.1, -0.05) is 18.2 Å². The number of hydrogen-bond donors (Lipinski definition) is 2. The van der Waals surface area contributed by atoms with Crippen molar-refractivity contribution in [2.75, 3.05) is 13.2 Å². The SMILES string of the molecule is Cc1cccc(C)c1CNN(CCO)C(=O)c1ccc2nccn2c1. The second-order valence-electron chi connectivity index (χ2n) is 6.00. The van der Waals surface area contributed by atoms with E-state index in [1.54, 1.807) is 35.1 Å². The molecule has 0 atom stereocenters. The molecule has 25 heavy (non-hydrogen) atoms. The summed E-state index contributed by atoms with van der Waals surface area (Å²) in [6.07, 6.45) is 5.23. The van der Waals surface area contributed by atoms with E-state index in [-0.39, 0.29) is 19.1 Å². The Labute approximate surface area is 146 Å². The molecule has 6 nitrogen and oxygen atoms in total. The molecule has 0 bridgehead atoms. The molecule has 0 unspecified atom stereocenters. The zero-order valence-electron chi connectivity index (χ0n) is 14.4. The number of aliphatic hydroxyl groups excluding tert-OH is 1. The summed E-state index contributed by atoms with van der Waals surface area (Å²) in [4.78, 5) is 17.0. The normalized spacial score (nSPS) is 11.0. The maximum atomic E-state index is 12.8. The van der Waals surface area contributed by atoms with Gasteiger partial charge in [-0.05, 0) is 42.7 Å². The first-order valence-corrected chi connectivity index (χ1v) is 8.24. The van der Waals surface area contributed by atoms with Gasteiger partial charge in [0.1, 0.15) is 5.65 Å². The fourth-order valence-corrected chi connectivity index (χ4v) is 2.86. The third kappa shape index (κ3) is 3.70. The van der Waals surface area contributed by atoms with Crippen molar-refractivity contribution >= 4 is 11.6 Å². The van der Waals surface area contributed by atoms with Gasteiger partial charge in [-0.3, -0.25) is 9.80 Å². The van der Waals surface area contributed by atoms with Gasteiger partial charge in [0, 0.05) is 25.1 Å². The molecule has 0 aliphatic rings. The smallest absolute Gasteiger partial charge is 0.269 e. The van der Waals surface area contributed by atoms with E-state index in [0.29, 0.717) is 12.1 Å². The van der Waals surface area contributed by atoms with E-state index in [2.05, 4.69) is 36.4 Å². The summed E-state index contributed by atoms with van der Waals surface area (Å²) in [5.74, 6) is -0.184. The molecular weight excluding hydrogens is 316 g/mol. The van der Waals surface area contributed by atoms with Crippen molar-refractivity contribution in [1.82, 2.24) is 19.8 Å². The van der Waals surface area contributed by atoms with Crippen LogP contribution < -0.4 is 5.43 Å². The zero-order valence-corrected chi connectivity index (χ0v) is 14.4. The average Bonchev–Trinajstić information content (AvgIpc) is 3.07. The van der Waals surface area contributed by atoms with Crippen molar-refractivity contribution in [3.05, 3.63) is 71.2 Å². The van der Waals surface area contributed by atoms with Crippen LogP contribution in [0.15, 0.2) is 48.9 Å². The molecule has 0 aliphatic heterocycles. The predicted molar refractivity (Wildman–Crippen MR) is 96.1 cm³/mol. The lowest BCUT2D eigenvalue weighted by molar-refractivity contribution is 0.0604. The van der Waals surface area contributed by atoms with Gasteiger partial charge in [0.25, 0.3) is 5.91 Å². The van der Waals surface area contributed by atoms with E-state index in [4.69, 9.17) is 0 Å². The number of nitrogens with zero attached hydrogens (tertiary/aromatic N) is 3. The Morgan fingerprint density at radius 1 is 1.24 bits per heavy atom. The molecule has 0 fully saturated rings. The van der Waals surface area contributed by atoms with Crippen molar-refractivity contribution in [1.29, 1.82) is 0 Å². The number of nitrogens with one attached hydrogen (secondary N) is 1. The Hall–Kier alpha value is -2.70. The van der Waals surface area contributed by atoms with Gasteiger partial charge in [0.05, 0.1) is 18.7 Å². The molecule has 6 heteroatoms. The molecule has 1 amide bonds. The molecule has 2 heterocycles. The zero-order chi connectivity index (χ0) is 17.8. The molecule has 0 saturated carbocycles. The molecule has 2 aromatic heterocycles. The standard InChI is InChI=1S/C19H22N4O2/c1-14-4-3-5-15(2)17(14)12-21-23(10-11-24)19(25)16-6-7-18-20-8-9-22(18)13-16/h3-9,13,21,24H,10-12H2,1-2H3. The summed E-state index contributed by atoms with van der Waals surface area (Å²) >= 11 is 0. The molecule has 1 aromatic carbocycles. The van der Waals surface area contributed by atoms with Crippen LogP contribution in [0.4, 0.5) is 0 Å². The lowest BCUT2D eigenvalue weighted by Crippen LogP contribution is -2.44. The summed E-state index contributed by atoms with van der Waals surface area (Å²) in [5, 5.41) is 10.8. The van der Waals surface area contributed by atoms with E-state index >= 15 is 0 Å².